The highest BCUT2D eigenvalue weighted by Crippen LogP contribution is 2.27. The molecule has 0 aromatic carbocycles. The van der Waals surface area contributed by atoms with Crippen LogP contribution >= 0.6 is 11.3 Å². The van der Waals surface area contributed by atoms with Crippen molar-refractivity contribution in [1.82, 2.24) is 14.9 Å². The van der Waals surface area contributed by atoms with Gasteiger partial charge in [-0.1, -0.05) is 6.07 Å². The van der Waals surface area contributed by atoms with Crippen molar-refractivity contribution in [2.45, 2.75) is 25.3 Å². The Hall–Kier alpha value is -1.79. The number of hydrogen-bond donors (Lipinski definition) is 1. The smallest absolute Gasteiger partial charge is 0.228 e. The second-order valence-electron chi connectivity index (χ2n) is 5.08. The fraction of sp³-hybridized carbons (Fsp3) is 0.400. The van der Waals surface area contributed by atoms with Crippen LogP contribution in [0, 0.1) is 0 Å². The van der Waals surface area contributed by atoms with Crippen LogP contribution in [0.25, 0.3) is 10.7 Å². The molecule has 1 saturated carbocycles. The SMILES string of the molecule is O=C(Cc1csc(-c2ccccn2)n1)N(CCO)C1CC1. The topological polar surface area (TPSA) is 66.3 Å². The molecule has 0 spiro atoms. The van der Waals surface area contributed by atoms with E-state index in [4.69, 9.17) is 5.11 Å². The van der Waals surface area contributed by atoms with Crippen molar-refractivity contribution in [3.05, 3.63) is 35.5 Å². The van der Waals surface area contributed by atoms with Crippen LogP contribution in [0.1, 0.15) is 18.5 Å². The van der Waals surface area contributed by atoms with Crippen LogP contribution in [-0.2, 0) is 11.2 Å². The summed E-state index contributed by atoms with van der Waals surface area (Å²) in [5.74, 6) is 0.0458. The average Bonchev–Trinajstić information content (AvgIpc) is 3.24. The molecule has 5 nitrogen and oxygen atoms in total. The molecule has 0 bridgehead atoms. The van der Waals surface area contributed by atoms with Crippen molar-refractivity contribution < 1.29 is 9.90 Å². The third-order valence-corrected chi connectivity index (χ3v) is 4.33. The van der Waals surface area contributed by atoms with Crippen molar-refractivity contribution >= 4 is 17.2 Å². The molecule has 2 aromatic heterocycles. The van der Waals surface area contributed by atoms with Crippen LogP contribution in [0.3, 0.4) is 0 Å². The zero-order valence-electron chi connectivity index (χ0n) is 11.6. The number of thiazole rings is 1. The van der Waals surface area contributed by atoms with E-state index < -0.39 is 0 Å². The lowest BCUT2D eigenvalue weighted by Gasteiger charge is -2.20. The summed E-state index contributed by atoms with van der Waals surface area (Å²) in [6.07, 6.45) is 4.11. The number of aliphatic hydroxyl groups is 1. The molecule has 3 rings (SSSR count). The number of aromatic nitrogens is 2. The lowest BCUT2D eigenvalue weighted by atomic mass is 10.3. The highest BCUT2D eigenvalue weighted by atomic mass is 32.1. The zero-order chi connectivity index (χ0) is 14.7. The summed E-state index contributed by atoms with van der Waals surface area (Å²) < 4.78 is 0. The van der Waals surface area contributed by atoms with Gasteiger partial charge in [0.1, 0.15) is 5.01 Å². The van der Waals surface area contributed by atoms with Gasteiger partial charge in [0.05, 0.1) is 24.4 Å². The molecule has 1 aliphatic carbocycles. The monoisotopic (exact) mass is 303 g/mol. The van der Waals surface area contributed by atoms with E-state index in [1.54, 1.807) is 11.1 Å². The molecule has 1 fully saturated rings. The number of carbonyl (C=O) groups is 1. The van der Waals surface area contributed by atoms with Crippen LogP contribution < -0.4 is 0 Å². The van der Waals surface area contributed by atoms with E-state index in [1.807, 2.05) is 23.6 Å². The van der Waals surface area contributed by atoms with Gasteiger partial charge in [-0.2, -0.15) is 0 Å². The van der Waals surface area contributed by atoms with E-state index >= 15 is 0 Å². The van der Waals surface area contributed by atoms with Gasteiger partial charge < -0.3 is 10.0 Å². The van der Waals surface area contributed by atoms with Crippen LogP contribution in [0.2, 0.25) is 0 Å². The molecule has 110 valence electrons. The normalized spacial score (nSPS) is 14.1. The van der Waals surface area contributed by atoms with E-state index in [2.05, 4.69) is 9.97 Å². The van der Waals surface area contributed by atoms with Gasteiger partial charge in [0.2, 0.25) is 5.91 Å². The molecule has 0 saturated heterocycles. The Labute approximate surface area is 127 Å². The molecule has 21 heavy (non-hydrogen) atoms. The average molecular weight is 303 g/mol. The lowest BCUT2D eigenvalue weighted by molar-refractivity contribution is -0.131. The van der Waals surface area contributed by atoms with Gasteiger partial charge in [0.25, 0.3) is 0 Å². The van der Waals surface area contributed by atoms with Gasteiger partial charge in [0.15, 0.2) is 0 Å². The number of hydrogen-bond acceptors (Lipinski definition) is 5. The molecule has 1 N–H and O–H groups in total. The summed E-state index contributed by atoms with van der Waals surface area (Å²) in [5.41, 5.74) is 1.60. The highest BCUT2D eigenvalue weighted by Gasteiger charge is 2.32. The number of rotatable bonds is 6. The largest absolute Gasteiger partial charge is 0.395 e. The fourth-order valence-electron chi connectivity index (χ4n) is 2.26. The molecule has 0 unspecified atom stereocenters. The van der Waals surface area contributed by atoms with Gasteiger partial charge in [-0.3, -0.25) is 9.78 Å². The third-order valence-electron chi connectivity index (χ3n) is 3.42. The molecule has 0 aliphatic heterocycles. The molecular formula is C15H17N3O2S. The predicted molar refractivity (Wildman–Crippen MR) is 80.9 cm³/mol. The first-order valence-electron chi connectivity index (χ1n) is 7.04. The van der Waals surface area contributed by atoms with Gasteiger partial charge in [-0.25, -0.2) is 4.98 Å². The Morgan fingerprint density at radius 3 is 2.95 bits per heavy atom. The molecule has 1 aliphatic rings. The van der Waals surface area contributed by atoms with Gasteiger partial charge >= 0.3 is 0 Å². The van der Waals surface area contributed by atoms with Crippen molar-refractivity contribution in [1.29, 1.82) is 0 Å². The molecule has 2 heterocycles. The number of amides is 1. The quantitative estimate of drug-likeness (QED) is 0.882. The van der Waals surface area contributed by atoms with Gasteiger partial charge in [-0.05, 0) is 25.0 Å². The van der Waals surface area contributed by atoms with Gasteiger partial charge in [0, 0.05) is 24.2 Å². The summed E-state index contributed by atoms with van der Waals surface area (Å²) in [6, 6.07) is 6.01. The lowest BCUT2D eigenvalue weighted by Crippen LogP contribution is -2.36. The van der Waals surface area contributed by atoms with Crippen LogP contribution in [0.4, 0.5) is 0 Å². The van der Waals surface area contributed by atoms with E-state index in [0.717, 1.165) is 29.2 Å². The Bertz CT molecular complexity index is 610. The number of aliphatic hydroxyl groups excluding tert-OH is 1. The standard InChI is InChI=1S/C15H17N3O2S/c19-8-7-18(12-4-5-12)14(20)9-11-10-21-15(17-11)13-3-1-2-6-16-13/h1-3,6,10,12,19H,4-5,7-9H2. The maximum absolute atomic E-state index is 12.3. The molecule has 1 amide bonds. The maximum Gasteiger partial charge on any atom is 0.228 e. The Balaban J connectivity index is 1.68. The van der Waals surface area contributed by atoms with E-state index in [0.29, 0.717) is 19.0 Å². The number of pyridine rings is 1. The van der Waals surface area contributed by atoms with E-state index in [1.165, 1.54) is 11.3 Å². The first-order valence-corrected chi connectivity index (χ1v) is 7.92. The molecular weight excluding hydrogens is 286 g/mol. The summed E-state index contributed by atoms with van der Waals surface area (Å²) >= 11 is 1.50. The second-order valence-corrected chi connectivity index (χ2v) is 5.94. The van der Waals surface area contributed by atoms with E-state index in [9.17, 15) is 4.79 Å². The summed E-state index contributed by atoms with van der Waals surface area (Å²) in [4.78, 5) is 22.8. The Morgan fingerprint density at radius 2 is 2.29 bits per heavy atom. The maximum atomic E-state index is 12.3. The first kappa shape index (κ1) is 14.2. The van der Waals surface area contributed by atoms with Crippen molar-refractivity contribution in [3.63, 3.8) is 0 Å². The molecule has 2 aromatic rings. The van der Waals surface area contributed by atoms with Crippen molar-refractivity contribution in [2.75, 3.05) is 13.2 Å². The van der Waals surface area contributed by atoms with Crippen LogP contribution in [0.15, 0.2) is 29.8 Å². The molecule has 0 radical (unpaired) electrons. The minimum atomic E-state index is 0.0124. The summed E-state index contributed by atoms with van der Waals surface area (Å²) in [7, 11) is 0. The number of nitrogens with zero attached hydrogens (tertiary/aromatic N) is 3. The third kappa shape index (κ3) is 3.46. The van der Waals surface area contributed by atoms with Crippen molar-refractivity contribution in [3.8, 4) is 10.7 Å². The Kier molecular flexibility index (Phi) is 4.26. The van der Waals surface area contributed by atoms with Crippen LogP contribution in [0.5, 0.6) is 0 Å². The minimum absolute atomic E-state index is 0.0124. The summed E-state index contributed by atoms with van der Waals surface area (Å²) in [6.45, 7) is 0.430. The minimum Gasteiger partial charge on any atom is -0.395 e. The molecule has 0 atom stereocenters. The van der Waals surface area contributed by atoms with Crippen molar-refractivity contribution in [2.24, 2.45) is 0 Å². The second kappa shape index (κ2) is 6.32. The first-order chi connectivity index (χ1) is 10.3. The number of carbonyl (C=O) groups excluding carboxylic acids is 1. The molecule has 6 heteroatoms. The predicted octanol–water partition coefficient (Wildman–Crippen LogP) is 1.73. The van der Waals surface area contributed by atoms with Gasteiger partial charge in [-0.15, -0.1) is 11.3 Å². The fourth-order valence-corrected chi connectivity index (χ4v) is 3.05. The van der Waals surface area contributed by atoms with E-state index in [-0.39, 0.29) is 12.5 Å². The Morgan fingerprint density at radius 1 is 1.43 bits per heavy atom. The zero-order valence-corrected chi connectivity index (χ0v) is 12.4. The highest BCUT2D eigenvalue weighted by molar-refractivity contribution is 7.13. The van der Waals surface area contributed by atoms with Crippen LogP contribution in [-0.4, -0.2) is 45.1 Å². The summed E-state index contributed by atoms with van der Waals surface area (Å²) in [5, 5.41) is 11.8.